The van der Waals surface area contributed by atoms with Gasteiger partial charge in [-0.1, -0.05) is 0 Å². The molecule has 0 nitrogen and oxygen atoms in total. The van der Waals surface area contributed by atoms with Gasteiger partial charge in [0.1, 0.15) is 0 Å². The van der Waals surface area contributed by atoms with E-state index >= 15 is 0 Å². The van der Waals surface area contributed by atoms with Gasteiger partial charge in [-0.05, 0) is 0 Å². The van der Waals surface area contributed by atoms with Crippen LogP contribution in [0.2, 0.25) is 20.3 Å². The number of rotatable bonds is 14. The molecule has 2 aliphatic carbocycles. The number of fused-ring (bicyclic) bond motifs is 2. The maximum absolute atomic E-state index is 6.49. The molecule has 12 heteroatoms. The van der Waals surface area contributed by atoms with Crippen molar-refractivity contribution in [2.24, 2.45) is 0 Å². The molecule has 0 saturated heterocycles. The van der Waals surface area contributed by atoms with E-state index in [-0.39, 0.29) is 24.8 Å². The van der Waals surface area contributed by atoms with Crippen molar-refractivity contribution in [3.63, 3.8) is 0 Å². The Morgan fingerprint density at radius 1 is 0.519 bits per heavy atom. The van der Waals surface area contributed by atoms with Crippen LogP contribution in [0.15, 0.2) is 108 Å². The van der Waals surface area contributed by atoms with Gasteiger partial charge in [0.15, 0.2) is 0 Å². The smallest absolute Gasteiger partial charge is 0.147 e. The molecule has 2 unspecified atom stereocenters. The summed E-state index contributed by atoms with van der Waals surface area (Å²) < 4.78 is 3.14. The zero-order valence-corrected chi connectivity index (χ0v) is 41.5. The van der Waals surface area contributed by atoms with Crippen molar-refractivity contribution in [1.29, 1.82) is 0 Å². The fourth-order valence-corrected chi connectivity index (χ4v) is 44.4. The fourth-order valence-electron chi connectivity index (χ4n) is 9.59. The fraction of sp³-hybridized carbons (Fsp3) is 0.300. The van der Waals surface area contributed by atoms with E-state index in [0.717, 1.165) is 25.7 Å². The molecule has 0 aliphatic heterocycles. The Morgan fingerprint density at radius 3 is 1.23 bits per heavy atom. The first kappa shape index (κ1) is 44.9. The first-order chi connectivity index (χ1) is 23.7. The Morgan fingerprint density at radius 2 is 0.885 bits per heavy atom. The number of hydrogen-bond donors (Lipinski definition) is 0. The molecular formula is C40H46Cl8Si3Zr. The third kappa shape index (κ3) is 9.66. The van der Waals surface area contributed by atoms with Crippen LogP contribution >= 0.6 is 91.3 Å². The van der Waals surface area contributed by atoms with Crippen molar-refractivity contribution >= 4 is 122 Å². The van der Waals surface area contributed by atoms with Gasteiger partial charge >= 0.3 is 335 Å². The third-order valence-corrected chi connectivity index (χ3v) is 45.1. The predicted molar refractivity (Wildman–Crippen MR) is 244 cm³/mol. The average molecular weight is 986 g/mol. The molecule has 0 spiro atoms. The Hall–Kier alpha value is 0.214. The van der Waals surface area contributed by atoms with Crippen LogP contribution in [0.25, 0.3) is 34.4 Å². The quantitative estimate of drug-likeness (QED) is 0.0671. The Kier molecular flexibility index (Phi) is 15.7. The second-order valence-electron chi connectivity index (χ2n) is 14.8. The molecule has 52 heavy (non-hydrogen) atoms. The summed E-state index contributed by atoms with van der Waals surface area (Å²) in [7, 11) is 0. The zero-order valence-electron chi connectivity index (χ0n) is 29.5. The van der Waals surface area contributed by atoms with Crippen LogP contribution in [0, 0.1) is 0 Å². The summed E-state index contributed by atoms with van der Waals surface area (Å²) in [6.45, 7) is 7.28. The number of allylic oxidation sites excluding steroid dienone is 2. The first-order valence-electron chi connectivity index (χ1n) is 17.6. The van der Waals surface area contributed by atoms with Crippen LogP contribution < -0.4 is 0 Å². The maximum Gasteiger partial charge on any atom is -0.147 e. The van der Waals surface area contributed by atoms with Gasteiger partial charge in [0.2, 0.25) is 0 Å². The minimum absolute atomic E-state index is 0. The van der Waals surface area contributed by atoms with Crippen LogP contribution in [0.3, 0.4) is 0 Å². The maximum atomic E-state index is 6.49. The van der Waals surface area contributed by atoms with Crippen molar-refractivity contribution in [2.45, 2.75) is 67.1 Å². The van der Waals surface area contributed by atoms with Gasteiger partial charge in [-0.2, -0.15) is 0 Å². The van der Waals surface area contributed by atoms with Crippen LogP contribution in [0.5, 0.6) is 0 Å². The van der Waals surface area contributed by atoms with E-state index in [1.54, 1.807) is 0 Å². The van der Waals surface area contributed by atoms with Crippen LogP contribution in [-0.2, 0) is 17.4 Å². The normalized spacial score (nSPS) is 17.0. The summed E-state index contributed by atoms with van der Waals surface area (Å²) in [6, 6.07) is 31.6. The second kappa shape index (κ2) is 18.2. The van der Waals surface area contributed by atoms with Crippen molar-refractivity contribution in [2.75, 3.05) is 0 Å². The Labute approximate surface area is 355 Å². The minimum atomic E-state index is -4.21. The molecule has 0 N–H and O–H groups in total. The summed E-state index contributed by atoms with van der Waals surface area (Å²) in [6.07, 6.45) is 9.02. The molecule has 0 aromatic heterocycles. The molecule has 2 atom stereocenters. The van der Waals surface area contributed by atoms with Gasteiger partial charge in [-0.3, -0.25) is 0 Å². The molecule has 0 heterocycles. The van der Waals surface area contributed by atoms with Gasteiger partial charge in [-0.25, -0.2) is 0 Å². The molecule has 0 bridgehead atoms. The van der Waals surface area contributed by atoms with Crippen LogP contribution in [0.1, 0.15) is 69.0 Å². The summed E-state index contributed by atoms with van der Waals surface area (Å²) >= 11 is 34.7. The van der Waals surface area contributed by atoms with Gasteiger partial charge in [0.25, 0.3) is 0 Å². The van der Waals surface area contributed by atoms with E-state index in [0.29, 0.717) is 19.3 Å². The van der Waals surface area contributed by atoms with Gasteiger partial charge in [0, 0.05) is 0 Å². The molecule has 0 fully saturated rings. The molecule has 4 aromatic rings. The summed E-state index contributed by atoms with van der Waals surface area (Å²) in [4.78, 5) is 0. The van der Waals surface area contributed by atoms with Gasteiger partial charge in [0.05, 0.1) is 0 Å². The molecular weight excluding hydrogens is 940 g/mol. The van der Waals surface area contributed by atoms with E-state index < -0.39 is 29.4 Å². The Balaban J connectivity index is 0.00000302. The SMILES string of the molecule is CC1=Cc2c(-c3ccccc3)cccc2[CH]1[Zr](=[SiH2])([CH2]CCC[Si](Cl)(Cl)Cl)([CH2]CCC[Si](Cl)(Cl)Cl)[CH]1C(C)=Cc2c(-c3ccccc3)cccc21.Cl.Cl. The minimum Gasteiger partial charge on any atom is -0.147 e. The van der Waals surface area contributed by atoms with E-state index in [4.69, 9.17) is 66.5 Å². The molecule has 4 aromatic carbocycles. The zero-order chi connectivity index (χ0) is 35.8. The van der Waals surface area contributed by atoms with E-state index in [9.17, 15) is 0 Å². The summed E-state index contributed by atoms with van der Waals surface area (Å²) in [5.74, 6) is 0. The van der Waals surface area contributed by atoms with Gasteiger partial charge in [-0.15, -0.1) is 24.8 Å². The monoisotopic (exact) mass is 980 g/mol. The molecule has 0 radical (unpaired) electrons. The summed E-state index contributed by atoms with van der Waals surface area (Å²) in [5, 5.41) is 0. The van der Waals surface area contributed by atoms with Crippen LogP contribution in [0.4, 0.5) is 0 Å². The average Bonchev–Trinajstić information content (AvgIpc) is 3.62. The van der Waals surface area contributed by atoms with Crippen molar-refractivity contribution in [1.82, 2.24) is 0 Å². The van der Waals surface area contributed by atoms with Crippen molar-refractivity contribution in [3.8, 4) is 22.3 Å². The first-order valence-corrected chi connectivity index (χ1v) is 40.3. The molecule has 278 valence electrons. The molecule has 0 saturated carbocycles. The largest absolute Gasteiger partial charge is 0.147 e. The van der Waals surface area contributed by atoms with Crippen molar-refractivity contribution in [3.05, 3.63) is 130 Å². The third-order valence-electron chi connectivity index (χ3n) is 11.3. The van der Waals surface area contributed by atoms with Crippen LogP contribution in [-0.4, -0.2) is 18.9 Å². The van der Waals surface area contributed by atoms with E-state index in [1.165, 1.54) is 63.9 Å². The topological polar surface area (TPSA) is 0 Å². The number of hydrogen-bond acceptors (Lipinski definition) is 0. The number of halogens is 8. The second-order valence-corrected chi connectivity index (χ2v) is 59.9. The molecule has 2 aliphatic rings. The predicted octanol–water partition coefficient (Wildman–Crippen LogP) is 15.4. The van der Waals surface area contributed by atoms with E-state index in [2.05, 4.69) is 130 Å². The number of benzene rings is 4. The summed E-state index contributed by atoms with van der Waals surface area (Å²) in [5.41, 5.74) is 13.9. The number of unbranched alkanes of at least 4 members (excludes halogenated alkanes) is 2. The Bertz CT molecular complexity index is 1840. The molecule has 6 rings (SSSR count). The van der Waals surface area contributed by atoms with Gasteiger partial charge < -0.3 is 0 Å². The molecule has 0 amide bonds. The standard InChI is InChI=1S/2C16H13.2C4H8Cl3Si.2ClH.H2Si.Zr/c2*1-12-10-14-8-5-9-15(16(14)11-12)13-6-3-2-4-7-13;2*1-2-3-4-8(5,6)7;;;;/h2*2-11H,1H3;2*1-4H2;2*1H;1H2;. The van der Waals surface area contributed by atoms with E-state index in [1.807, 2.05) is 0 Å². The van der Waals surface area contributed by atoms with Crippen molar-refractivity contribution < 1.29 is 17.4 Å².